The maximum atomic E-state index is 4.45. The molecule has 1 aliphatic rings. The van der Waals surface area contributed by atoms with Crippen LogP contribution in [0, 0.1) is 5.92 Å². The molecule has 2 nitrogen and oxygen atoms in total. The van der Waals surface area contributed by atoms with Crippen molar-refractivity contribution < 1.29 is 0 Å². The van der Waals surface area contributed by atoms with E-state index in [1.165, 1.54) is 25.8 Å². The predicted molar refractivity (Wildman–Crippen MR) is 67.2 cm³/mol. The van der Waals surface area contributed by atoms with Crippen molar-refractivity contribution in [2.45, 2.75) is 26.2 Å². The van der Waals surface area contributed by atoms with E-state index in [9.17, 15) is 0 Å². The van der Waals surface area contributed by atoms with Crippen molar-refractivity contribution in [1.82, 2.24) is 4.98 Å². The number of rotatable bonds is 2. The van der Waals surface area contributed by atoms with E-state index in [1.807, 2.05) is 6.20 Å². The first-order valence-electron chi connectivity index (χ1n) is 5.66. The lowest BCUT2D eigenvalue weighted by Gasteiger charge is -2.33. The molecule has 1 aliphatic heterocycles. The number of hydrogen-bond donors (Lipinski definition) is 0. The molecule has 0 bridgehead atoms. The third kappa shape index (κ3) is 2.71. The van der Waals surface area contributed by atoms with Crippen LogP contribution in [0.3, 0.4) is 0 Å². The van der Waals surface area contributed by atoms with Crippen LogP contribution in [0.1, 0.15) is 26.2 Å². The van der Waals surface area contributed by atoms with Crippen LogP contribution in [-0.2, 0) is 0 Å². The monoisotopic (exact) mass is 268 g/mol. The van der Waals surface area contributed by atoms with Crippen LogP contribution in [-0.4, -0.2) is 18.1 Å². The molecule has 15 heavy (non-hydrogen) atoms. The molecule has 2 rings (SSSR count). The molecular formula is C12H17BrN2. The largest absolute Gasteiger partial charge is 0.356 e. The molecule has 0 spiro atoms. The van der Waals surface area contributed by atoms with Crippen molar-refractivity contribution in [2.75, 3.05) is 18.0 Å². The topological polar surface area (TPSA) is 16.1 Å². The highest BCUT2D eigenvalue weighted by Gasteiger charge is 2.19. The molecule has 0 N–H and O–H groups in total. The second-order valence-corrected chi connectivity index (χ2v) is 5.11. The normalized spacial score (nSPS) is 21.7. The minimum atomic E-state index is 0.851. The third-order valence-corrected chi connectivity index (χ3v) is 3.60. The Bertz CT molecular complexity index is 310. The molecule has 1 aromatic heterocycles. The fourth-order valence-corrected chi connectivity index (χ4v) is 2.40. The maximum Gasteiger partial charge on any atom is 0.128 e. The molecule has 0 amide bonds. The Balaban J connectivity index is 2.06. The van der Waals surface area contributed by atoms with Gasteiger partial charge < -0.3 is 4.90 Å². The van der Waals surface area contributed by atoms with Crippen molar-refractivity contribution in [2.24, 2.45) is 5.92 Å². The number of piperidine rings is 1. The maximum absolute atomic E-state index is 4.45. The Morgan fingerprint density at radius 1 is 1.53 bits per heavy atom. The van der Waals surface area contributed by atoms with E-state index in [1.54, 1.807) is 0 Å². The van der Waals surface area contributed by atoms with Gasteiger partial charge in [-0.15, -0.1) is 0 Å². The van der Waals surface area contributed by atoms with Gasteiger partial charge in [0.05, 0.1) is 0 Å². The smallest absolute Gasteiger partial charge is 0.128 e. The molecule has 0 aliphatic carbocycles. The summed E-state index contributed by atoms with van der Waals surface area (Å²) in [5.74, 6) is 1.97. The van der Waals surface area contributed by atoms with E-state index >= 15 is 0 Å². The molecule has 82 valence electrons. The fraction of sp³-hybridized carbons (Fsp3) is 0.583. The standard InChI is InChI=1S/C12H17BrN2/c1-2-10-4-3-7-15(9-10)12-6-5-11(13)8-14-12/h5-6,8,10H,2-4,7,9H2,1H3. The highest BCUT2D eigenvalue weighted by molar-refractivity contribution is 9.10. The van der Waals surface area contributed by atoms with Crippen molar-refractivity contribution in [1.29, 1.82) is 0 Å². The van der Waals surface area contributed by atoms with E-state index in [0.717, 1.165) is 22.8 Å². The van der Waals surface area contributed by atoms with Crippen LogP contribution in [0.5, 0.6) is 0 Å². The van der Waals surface area contributed by atoms with Gasteiger partial charge in [-0.1, -0.05) is 13.3 Å². The zero-order chi connectivity index (χ0) is 10.7. The number of halogens is 1. The molecule has 0 aromatic carbocycles. The summed E-state index contributed by atoms with van der Waals surface area (Å²) in [4.78, 5) is 6.86. The summed E-state index contributed by atoms with van der Waals surface area (Å²) < 4.78 is 1.05. The second kappa shape index (κ2) is 4.97. The van der Waals surface area contributed by atoms with E-state index in [2.05, 4.69) is 44.9 Å². The Labute approximate surface area is 99.8 Å². The van der Waals surface area contributed by atoms with Gasteiger partial charge in [-0.3, -0.25) is 0 Å². The van der Waals surface area contributed by atoms with Crippen molar-refractivity contribution in [3.63, 3.8) is 0 Å². The van der Waals surface area contributed by atoms with Crippen LogP contribution in [0.25, 0.3) is 0 Å². The van der Waals surface area contributed by atoms with Gasteiger partial charge in [0.2, 0.25) is 0 Å². The Kier molecular flexibility index (Phi) is 3.62. The van der Waals surface area contributed by atoms with E-state index in [4.69, 9.17) is 0 Å². The van der Waals surface area contributed by atoms with Gasteiger partial charge in [-0.05, 0) is 46.8 Å². The van der Waals surface area contributed by atoms with Crippen LogP contribution >= 0.6 is 15.9 Å². The Hall–Kier alpha value is -0.570. The molecule has 1 fully saturated rings. The molecule has 1 unspecified atom stereocenters. The number of pyridine rings is 1. The minimum absolute atomic E-state index is 0.851. The second-order valence-electron chi connectivity index (χ2n) is 4.20. The molecule has 0 saturated carbocycles. The van der Waals surface area contributed by atoms with Gasteiger partial charge in [0.1, 0.15) is 5.82 Å². The lowest BCUT2D eigenvalue weighted by atomic mass is 9.96. The third-order valence-electron chi connectivity index (χ3n) is 3.13. The van der Waals surface area contributed by atoms with Crippen LogP contribution in [0.4, 0.5) is 5.82 Å². The first-order chi connectivity index (χ1) is 7.29. The lowest BCUT2D eigenvalue weighted by molar-refractivity contribution is 0.403. The van der Waals surface area contributed by atoms with Crippen LogP contribution < -0.4 is 4.90 Å². The number of anilines is 1. The van der Waals surface area contributed by atoms with Gasteiger partial charge in [-0.25, -0.2) is 4.98 Å². The quantitative estimate of drug-likeness (QED) is 0.817. The van der Waals surface area contributed by atoms with Gasteiger partial charge >= 0.3 is 0 Å². The predicted octanol–water partition coefficient (Wildman–Crippen LogP) is 3.47. The lowest BCUT2D eigenvalue weighted by Crippen LogP contribution is -2.35. The van der Waals surface area contributed by atoms with E-state index < -0.39 is 0 Å². The summed E-state index contributed by atoms with van der Waals surface area (Å²) in [7, 11) is 0. The van der Waals surface area contributed by atoms with Gasteiger partial charge in [0, 0.05) is 23.8 Å². The summed E-state index contributed by atoms with van der Waals surface area (Å²) in [6, 6.07) is 4.17. The van der Waals surface area contributed by atoms with Gasteiger partial charge in [0.15, 0.2) is 0 Å². The average Bonchev–Trinajstić information content (AvgIpc) is 2.30. The van der Waals surface area contributed by atoms with Crippen LogP contribution in [0.15, 0.2) is 22.8 Å². The molecule has 2 heterocycles. The molecular weight excluding hydrogens is 252 g/mol. The number of hydrogen-bond acceptors (Lipinski definition) is 2. The van der Waals surface area contributed by atoms with Gasteiger partial charge in [-0.2, -0.15) is 0 Å². The first-order valence-corrected chi connectivity index (χ1v) is 6.45. The van der Waals surface area contributed by atoms with Crippen molar-refractivity contribution in [3.8, 4) is 0 Å². The Morgan fingerprint density at radius 3 is 3.07 bits per heavy atom. The molecule has 0 radical (unpaired) electrons. The Morgan fingerprint density at radius 2 is 2.40 bits per heavy atom. The summed E-state index contributed by atoms with van der Waals surface area (Å²) in [5, 5.41) is 0. The van der Waals surface area contributed by atoms with E-state index in [-0.39, 0.29) is 0 Å². The SMILES string of the molecule is CCC1CCCN(c2ccc(Br)cn2)C1. The zero-order valence-electron chi connectivity index (χ0n) is 9.12. The first kappa shape index (κ1) is 10.9. The van der Waals surface area contributed by atoms with Gasteiger partial charge in [0.25, 0.3) is 0 Å². The van der Waals surface area contributed by atoms with Crippen molar-refractivity contribution in [3.05, 3.63) is 22.8 Å². The fourth-order valence-electron chi connectivity index (χ4n) is 2.16. The summed E-state index contributed by atoms with van der Waals surface area (Å²) in [6.45, 7) is 4.61. The minimum Gasteiger partial charge on any atom is -0.356 e. The molecule has 1 aromatic rings. The van der Waals surface area contributed by atoms with Crippen LogP contribution in [0.2, 0.25) is 0 Å². The highest BCUT2D eigenvalue weighted by atomic mass is 79.9. The zero-order valence-corrected chi connectivity index (χ0v) is 10.7. The summed E-state index contributed by atoms with van der Waals surface area (Å²) >= 11 is 3.41. The average molecular weight is 269 g/mol. The van der Waals surface area contributed by atoms with E-state index in [0.29, 0.717) is 0 Å². The highest BCUT2D eigenvalue weighted by Crippen LogP contribution is 2.23. The summed E-state index contributed by atoms with van der Waals surface area (Å²) in [6.07, 6.45) is 5.84. The molecule has 1 atom stereocenters. The summed E-state index contributed by atoms with van der Waals surface area (Å²) in [5.41, 5.74) is 0. The molecule has 1 saturated heterocycles. The number of nitrogens with zero attached hydrogens (tertiary/aromatic N) is 2. The van der Waals surface area contributed by atoms with Crippen molar-refractivity contribution >= 4 is 21.7 Å². The number of aromatic nitrogens is 1. The molecule has 3 heteroatoms.